The Morgan fingerprint density at radius 3 is 2.67 bits per heavy atom. The second-order valence-electron chi connectivity index (χ2n) is 4.66. The number of benzene rings is 1. The van der Waals surface area contributed by atoms with Crippen LogP contribution in [0.5, 0.6) is 0 Å². The van der Waals surface area contributed by atoms with Gasteiger partial charge in [0.15, 0.2) is 6.29 Å². The topological polar surface area (TPSA) is 58.2 Å². The molecule has 2 amide bonds. The molecule has 2 N–H and O–H groups in total. The molecule has 0 fully saturated rings. The maximum atomic E-state index is 11.9. The van der Waals surface area contributed by atoms with Crippen LogP contribution in [0.4, 0.5) is 15.5 Å². The summed E-state index contributed by atoms with van der Waals surface area (Å²) >= 11 is 1.46. The highest BCUT2D eigenvalue weighted by Crippen LogP contribution is 2.28. The van der Waals surface area contributed by atoms with Crippen LogP contribution < -0.4 is 10.6 Å². The summed E-state index contributed by atoms with van der Waals surface area (Å²) < 4.78 is 0. The molecular weight excluding hydrogens is 284 g/mol. The number of aldehydes is 1. The van der Waals surface area contributed by atoms with Crippen molar-refractivity contribution in [3.05, 3.63) is 46.8 Å². The molecule has 5 heteroatoms. The molecule has 1 heterocycles. The van der Waals surface area contributed by atoms with Crippen molar-refractivity contribution < 1.29 is 9.59 Å². The fourth-order valence-electron chi connectivity index (χ4n) is 1.90. The van der Waals surface area contributed by atoms with Crippen LogP contribution in [0.25, 0.3) is 0 Å². The molecule has 0 saturated heterocycles. The Labute approximate surface area is 128 Å². The Kier molecular flexibility index (Phi) is 5.51. The summed E-state index contributed by atoms with van der Waals surface area (Å²) in [4.78, 5) is 24.2. The lowest BCUT2D eigenvalue weighted by molar-refractivity contribution is 0.112. The van der Waals surface area contributed by atoms with E-state index in [1.807, 2.05) is 24.3 Å². The van der Waals surface area contributed by atoms with Gasteiger partial charge in [0.25, 0.3) is 0 Å². The zero-order valence-electron chi connectivity index (χ0n) is 11.9. The van der Waals surface area contributed by atoms with Crippen LogP contribution in [-0.4, -0.2) is 12.3 Å². The molecule has 2 aromatic rings. The lowest BCUT2D eigenvalue weighted by Crippen LogP contribution is -2.19. The third-order valence-corrected chi connectivity index (χ3v) is 4.10. The summed E-state index contributed by atoms with van der Waals surface area (Å²) in [5.74, 6) is 0. The van der Waals surface area contributed by atoms with E-state index in [2.05, 4.69) is 17.6 Å². The Morgan fingerprint density at radius 1 is 1.24 bits per heavy atom. The van der Waals surface area contributed by atoms with E-state index in [0.717, 1.165) is 30.4 Å². The third kappa shape index (κ3) is 4.43. The van der Waals surface area contributed by atoms with E-state index in [1.54, 1.807) is 12.1 Å². The number of carbonyl (C=O) groups excluding carboxylic acids is 2. The van der Waals surface area contributed by atoms with Crippen LogP contribution >= 0.6 is 11.3 Å². The fourth-order valence-corrected chi connectivity index (χ4v) is 2.97. The summed E-state index contributed by atoms with van der Waals surface area (Å²) in [6.45, 7) is 2.13. The van der Waals surface area contributed by atoms with Crippen molar-refractivity contribution in [3.8, 4) is 0 Å². The van der Waals surface area contributed by atoms with Gasteiger partial charge in [0.1, 0.15) is 5.00 Å². The largest absolute Gasteiger partial charge is 0.324 e. The number of rotatable bonds is 6. The normalized spacial score (nSPS) is 10.1. The van der Waals surface area contributed by atoms with Crippen LogP contribution in [0, 0.1) is 0 Å². The van der Waals surface area contributed by atoms with E-state index in [0.29, 0.717) is 16.3 Å². The van der Waals surface area contributed by atoms with Crippen LogP contribution in [0.1, 0.15) is 35.0 Å². The Bertz CT molecular complexity index is 608. The van der Waals surface area contributed by atoms with E-state index < -0.39 is 0 Å². The first-order valence-corrected chi connectivity index (χ1v) is 7.75. The van der Waals surface area contributed by atoms with E-state index >= 15 is 0 Å². The molecule has 1 aromatic heterocycles. The van der Waals surface area contributed by atoms with Crippen molar-refractivity contribution in [2.75, 3.05) is 10.6 Å². The van der Waals surface area contributed by atoms with Gasteiger partial charge in [-0.1, -0.05) is 31.5 Å². The Hall–Kier alpha value is -2.14. The lowest BCUT2D eigenvalue weighted by Gasteiger charge is -2.06. The van der Waals surface area contributed by atoms with Crippen LogP contribution in [0.3, 0.4) is 0 Å². The first-order chi connectivity index (χ1) is 10.2. The SMILES string of the molecule is CCCCc1cc(C=O)c(NC(=O)Nc2ccccc2)s1. The number of nitrogens with one attached hydrogen (secondary N) is 2. The maximum absolute atomic E-state index is 11.9. The van der Waals surface area contributed by atoms with Gasteiger partial charge in [-0.2, -0.15) is 0 Å². The second kappa shape index (κ2) is 7.59. The minimum absolute atomic E-state index is 0.340. The molecule has 110 valence electrons. The molecule has 0 atom stereocenters. The van der Waals surface area contributed by atoms with E-state index in [4.69, 9.17) is 0 Å². The van der Waals surface area contributed by atoms with Gasteiger partial charge in [-0.25, -0.2) is 4.79 Å². The summed E-state index contributed by atoms with van der Waals surface area (Å²) in [6, 6.07) is 10.7. The van der Waals surface area contributed by atoms with Gasteiger partial charge >= 0.3 is 6.03 Å². The Morgan fingerprint density at radius 2 is 2.00 bits per heavy atom. The summed E-state index contributed by atoms with van der Waals surface area (Å²) in [7, 11) is 0. The molecule has 0 aliphatic heterocycles. The number of para-hydroxylation sites is 1. The van der Waals surface area contributed by atoms with Crippen molar-refractivity contribution in [2.24, 2.45) is 0 Å². The number of unbranched alkanes of at least 4 members (excludes halogenated alkanes) is 1. The van der Waals surface area contributed by atoms with Crippen LogP contribution in [0.15, 0.2) is 36.4 Å². The first kappa shape index (κ1) is 15.3. The molecule has 4 nitrogen and oxygen atoms in total. The van der Waals surface area contributed by atoms with Crippen molar-refractivity contribution in [1.29, 1.82) is 0 Å². The number of hydrogen-bond donors (Lipinski definition) is 2. The number of carbonyl (C=O) groups is 2. The lowest BCUT2D eigenvalue weighted by atomic mass is 10.2. The molecule has 21 heavy (non-hydrogen) atoms. The monoisotopic (exact) mass is 302 g/mol. The number of amides is 2. The molecule has 0 aliphatic rings. The number of anilines is 2. The number of hydrogen-bond acceptors (Lipinski definition) is 3. The number of urea groups is 1. The van der Waals surface area contributed by atoms with Crippen molar-refractivity contribution >= 4 is 34.3 Å². The summed E-state index contributed by atoms with van der Waals surface area (Å²) in [6.07, 6.45) is 3.90. The zero-order chi connectivity index (χ0) is 15.1. The standard InChI is InChI=1S/C16H18N2O2S/c1-2-3-9-14-10-12(11-19)15(21-14)18-16(20)17-13-7-5-4-6-8-13/h4-8,10-11H,2-3,9H2,1H3,(H2,17,18,20). The smallest absolute Gasteiger partial charge is 0.308 e. The van der Waals surface area contributed by atoms with Gasteiger partial charge in [-0.05, 0) is 31.0 Å². The van der Waals surface area contributed by atoms with E-state index in [9.17, 15) is 9.59 Å². The average Bonchev–Trinajstić information content (AvgIpc) is 2.88. The molecule has 0 saturated carbocycles. The highest BCUT2D eigenvalue weighted by molar-refractivity contribution is 7.16. The highest BCUT2D eigenvalue weighted by Gasteiger charge is 2.11. The molecule has 0 radical (unpaired) electrons. The van der Waals surface area contributed by atoms with Crippen molar-refractivity contribution in [2.45, 2.75) is 26.2 Å². The Balaban J connectivity index is 2.02. The second-order valence-corrected chi connectivity index (χ2v) is 5.80. The predicted octanol–water partition coefficient (Wildman–Crippen LogP) is 4.55. The minimum atomic E-state index is -0.340. The molecule has 0 aliphatic carbocycles. The fraction of sp³-hybridized carbons (Fsp3) is 0.250. The van der Waals surface area contributed by atoms with Crippen LogP contribution in [-0.2, 0) is 6.42 Å². The van der Waals surface area contributed by atoms with Crippen molar-refractivity contribution in [3.63, 3.8) is 0 Å². The molecule has 0 bridgehead atoms. The number of aryl methyl sites for hydroxylation is 1. The van der Waals surface area contributed by atoms with Gasteiger partial charge < -0.3 is 5.32 Å². The third-order valence-electron chi connectivity index (χ3n) is 2.97. The van der Waals surface area contributed by atoms with E-state index in [-0.39, 0.29) is 6.03 Å². The molecule has 2 rings (SSSR count). The summed E-state index contributed by atoms with van der Waals surface area (Å²) in [5, 5.41) is 6.08. The molecular formula is C16H18N2O2S. The number of thiophene rings is 1. The van der Waals surface area contributed by atoms with Gasteiger partial charge in [-0.3, -0.25) is 10.1 Å². The quantitative estimate of drug-likeness (QED) is 0.769. The highest BCUT2D eigenvalue weighted by atomic mass is 32.1. The average molecular weight is 302 g/mol. The zero-order valence-corrected chi connectivity index (χ0v) is 12.7. The predicted molar refractivity (Wildman–Crippen MR) is 87.4 cm³/mol. The van der Waals surface area contributed by atoms with Gasteiger partial charge in [0.05, 0.1) is 0 Å². The summed E-state index contributed by atoms with van der Waals surface area (Å²) in [5.41, 5.74) is 1.25. The van der Waals surface area contributed by atoms with Gasteiger partial charge in [-0.15, -0.1) is 11.3 Å². The van der Waals surface area contributed by atoms with Gasteiger partial charge in [0, 0.05) is 16.1 Å². The van der Waals surface area contributed by atoms with Gasteiger partial charge in [0.2, 0.25) is 0 Å². The minimum Gasteiger partial charge on any atom is -0.308 e. The first-order valence-electron chi connectivity index (χ1n) is 6.94. The molecule has 0 spiro atoms. The van der Waals surface area contributed by atoms with Crippen molar-refractivity contribution in [1.82, 2.24) is 0 Å². The maximum Gasteiger partial charge on any atom is 0.324 e. The molecule has 1 aromatic carbocycles. The van der Waals surface area contributed by atoms with Crippen LogP contribution in [0.2, 0.25) is 0 Å². The van der Waals surface area contributed by atoms with E-state index in [1.165, 1.54) is 11.3 Å². The molecule has 0 unspecified atom stereocenters.